The first-order valence-electron chi connectivity index (χ1n) is 8.13. The maximum Gasteiger partial charge on any atom is 0.277 e. The molecule has 3 heterocycles. The normalized spacial score (nSPS) is 12.3. The van der Waals surface area contributed by atoms with E-state index in [1.807, 2.05) is 35.0 Å². The van der Waals surface area contributed by atoms with Crippen molar-refractivity contribution >= 4 is 23.1 Å². The number of rotatable bonds is 7. The van der Waals surface area contributed by atoms with Gasteiger partial charge in [0, 0.05) is 11.8 Å². The van der Waals surface area contributed by atoms with Crippen molar-refractivity contribution in [2.75, 3.05) is 0 Å². The lowest BCUT2D eigenvalue weighted by atomic mass is 9.98. The molecule has 1 aromatic carbocycles. The number of hydrogen-bond donors (Lipinski definition) is 0. The second-order valence-electron chi connectivity index (χ2n) is 5.79. The van der Waals surface area contributed by atoms with Gasteiger partial charge in [0.05, 0.1) is 11.3 Å². The highest BCUT2D eigenvalue weighted by Gasteiger charge is 2.14. The molecule has 132 valence electrons. The highest BCUT2D eigenvalue weighted by molar-refractivity contribution is 7.98. The van der Waals surface area contributed by atoms with Gasteiger partial charge in [0.25, 0.3) is 11.1 Å². The number of hydrogen-bond acceptors (Lipinski definition) is 8. The number of nitrogens with zero attached hydrogens (tertiary/aromatic N) is 4. The third kappa shape index (κ3) is 4.03. The van der Waals surface area contributed by atoms with Crippen LogP contribution in [0.5, 0.6) is 0 Å². The second kappa shape index (κ2) is 7.84. The molecule has 6 nitrogen and oxygen atoms in total. The second-order valence-corrected chi connectivity index (χ2v) is 7.50. The van der Waals surface area contributed by atoms with Crippen molar-refractivity contribution in [3.05, 3.63) is 64.4 Å². The topological polar surface area (TPSA) is 77.8 Å². The van der Waals surface area contributed by atoms with E-state index in [2.05, 4.69) is 39.4 Å². The molecule has 0 saturated carbocycles. The molecule has 1 atom stereocenters. The average Bonchev–Trinajstić information content (AvgIpc) is 3.42. The van der Waals surface area contributed by atoms with E-state index < -0.39 is 0 Å². The quantitative estimate of drug-likeness (QED) is 0.423. The molecule has 0 aliphatic rings. The fourth-order valence-corrected chi connectivity index (χ4v) is 3.74. The smallest absolute Gasteiger partial charge is 0.277 e. The van der Waals surface area contributed by atoms with Crippen molar-refractivity contribution in [3.8, 4) is 11.5 Å². The van der Waals surface area contributed by atoms with Crippen molar-refractivity contribution in [1.82, 2.24) is 20.3 Å². The van der Waals surface area contributed by atoms with Crippen LogP contribution in [0.4, 0.5) is 0 Å². The Balaban J connectivity index is 1.34. The van der Waals surface area contributed by atoms with Crippen LogP contribution >= 0.6 is 23.1 Å². The molecule has 0 N–H and O–H groups in total. The summed E-state index contributed by atoms with van der Waals surface area (Å²) in [6, 6.07) is 12.3. The molecule has 0 spiro atoms. The van der Waals surface area contributed by atoms with Gasteiger partial charge in [0.1, 0.15) is 0 Å². The van der Waals surface area contributed by atoms with Gasteiger partial charge >= 0.3 is 0 Å². The summed E-state index contributed by atoms with van der Waals surface area (Å²) in [7, 11) is 0. The van der Waals surface area contributed by atoms with Crippen molar-refractivity contribution in [2.24, 2.45) is 0 Å². The van der Waals surface area contributed by atoms with Gasteiger partial charge in [-0.15, -0.1) is 10.2 Å². The van der Waals surface area contributed by atoms with Gasteiger partial charge in [-0.25, -0.2) is 0 Å². The average molecular weight is 384 g/mol. The van der Waals surface area contributed by atoms with Crippen LogP contribution in [0, 0.1) is 0 Å². The third-order valence-electron chi connectivity index (χ3n) is 3.86. The number of aromatic nitrogens is 4. The molecule has 4 rings (SSSR count). The lowest BCUT2D eigenvalue weighted by Gasteiger charge is -2.08. The number of thioether (sulfide) groups is 1. The Morgan fingerprint density at radius 2 is 2.04 bits per heavy atom. The van der Waals surface area contributed by atoms with Crippen molar-refractivity contribution in [1.29, 1.82) is 0 Å². The van der Waals surface area contributed by atoms with Crippen LogP contribution in [0.3, 0.4) is 0 Å². The molecule has 8 heteroatoms. The van der Waals surface area contributed by atoms with Crippen LogP contribution in [0.25, 0.3) is 11.5 Å². The summed E-state index contributed by atoms with van der Waals surface area (Å²) in [6.45, 7) is 2.15. The van der Waals surface area contributed by atoms with Crippen LogP contribution in [-0.4, -0.2) is 20.3 Å². The molecule has 0 saturated heterocycles. The van der Waals surface area contributed by atoms with E-state index in [0.29, 0.717) is 40.9 Å². The molecule has 26 heavy (non-hydrogen) atoms. The predicted molar refractivity (Wildman–Crippen MR) is 100 cm³/mol. The largest absolute Gasteiger partial charge is 0.416 e. The molecule has 4 aromatic rings. The molecule has 3 aromatic heterocycles. The Morgan fingerprint density at radius 3 is 2.85 bits per heavy atom. The Hall–Kier alpha value is -2.45. The summed E-state index contributed by atoms with van der Waals surface area (Å²) in [5.41, 5.74) is 2.20. The van der Waals surface area contributed by atoms with Crippen molar-refractivity contribution < 1.29 is 8.94 Å². The van der Waals surface area contributed by atoms with Gasteiger partial charge in [-0.1, -0.05) is 54.2 Å². The van der Waals surface area contributed by atoms with Gasteiger partial charge in [-0.05, 0) is 22.9 Å². The maximum atomic E-state index is 5.73. The third-order valence-corrected chi connectivity index (χ3v) is 5.36. The Bertz CT molecular complexity index is 951. The van der Waals surface area contributed by atoms with Gasteiger partial charge in [-0.3, -0.25) is 0 Å². The van der Waals surface area contributed by atoms with Gasteiger partial charge in [0.15, 0.2) is 5.82 Å². The SMILES string of the molecule is CC(Cc1nnc(SCc2noc(-c3ccsc3)n2)o1)c1ccccc1. The van der Waals surface area contributed by atoms with Crippen molar-refractivity contribution in [2.45, 2.75) is 30.2 Å². The minimum absolute atomic E-state index is 0.319. The van der Waals surface area contributed by atoms with E-state index in [1.54, 1.807) is 11.3 Å². The number of benzene rings is 1. The fourth-order valence-electron chi connectivity index (χ4n) is 2.48. The molecule has 0 bridgehead atoms. The monoisotopic (exact) mass is 384 g/mol. The van der Waals surface area contributed by atoms with Gasteiger partial charge in [-0.2, -0.15) is 16.3 Å². The highest BCUT2D eigenvalue weighted by atomic mass is 32.2. The molecule has 0 radical (unpaired) electrons. The molecule has 0 aliphatic carbocycles. The van der Waals surface area contributed by atoms with E-state index in [4.69, 9.17) is 8.94 Å². The standard InChI is InChI=1S/C18H16N4O2S2/c1-12(13-5-3-2-4-6-13)9-16-20-21-18(23-16)26-11-15-19-17(24-22-15)14-7-8-25-10-14/h2-8,10,12H,9,11H2,1H3. The van der Waals surface area contributed by atoms with Crippen LogP contribution in [0.2, 0.25) is 0 Å². The first-order chi connectivity index (χ1) is 12.8. The van der Waals surface area contributed by atoms with Crippen LogP contribution in [-0.2, 0) is 12.2 Å². The molecule has 0 amide bonds. The van der Waals surface area contributed by atoms with E-state index in [0.717, 1.165) is 5.56 Å². The van der Waals surface area contributed by atoms with Crippen LogP contribution < -0.4 is 0 Å². The van der Waals surface area contributed by atoms with Gasteiger partial charge < -0.3 is 8.94 Å². The summed E-state index contributed by atoms with van der Waals surface area (Å²) in [5, 5.41) is 16.7. The molecule has 0 aliphatic heterocycles. The Morgan fingerprint density at radius 1 is 1.15 bits per heavy atom. The minimum Gasteiger partial charge on any atom is -0.416 e. The van der Waals surface area contributed by atoms with Gasteiger partial charge in [0.2, 0.25) is 5.89 Å². The maximum absolute atomic E-state index is 5.73. The molecular formula is C18H16N4O2S2. The number of thiophene rings is 1. The Kier molecular flexibility index (Phi) is 5.12. The highest BCUT2D eigenvalue weighted by Crippen LogP contribution is 2.25. The first-order valence-corrected chi connectivity index (χ1v) is 10.1. The van der Waals surface area contributed by atoms with E-state index in [-0.39, 0.29) is 0 Å². The lowest BCUT2D eigenvalue weighted by Crippen LogP contribution is -1.98. The molecule has 0 fully saturated rings. The van der Waals surface area contributed by atoms with Crippen LogP contribution in [0.1, 0.15) is 30.1 Å². The minimum atomic E-state index is 0.319. The Labute approximate surface area is 158 Å². The van der Waals surface area contributed by atoms with E-state index in [1.165, 1.54) is 17.3 Å². The first kappa shape index (κ1) is 17.0. The zero-order valence-corrected chi connectivity index (χ0v) is 15.7. The van der Waals surface area contributed by atoms with Crippen LogP contribution in [0.15, 0.2) is 61.3 Å². The summed E-state index contributed by atoms with van der Waals surface area (Å²) >= 11 is 3.00. The zero-order chi connectivity index (χ0) is 17.8. The van der Waals surface area contributed by atoms with E-state index in [9.17, 15) is 0 Å². The summed E-state index contributed by atoms with van der Waals surface area (Å²) < 4.78 is 11.0. The summed E-state index contributed by atoms with van der Waals surface area (Å²) in [5.74, 6) is 2.61. The van der Waals surface area contributed by atoms with E-state index >= 15 is 0 Å². The summed E-state index contributed by atoms with van der Waals surface area (Å²) in [6.07, 6.45) is 0.710. The van der Waals surface area contributed by atoms with Crippen molar-refractivity contribution in [3.63, 3.8) is 0 Å². The zero-order valence-electron chi connectivity index (χ0n) is 14.0. The predicted octanol–water partition coefficient (Wildman–Crippen LogP) is 4.82. The lowest BCUT2D eigenvalue weighted by molar-refractivity contribution is 0.404. The fraction of sp³-hybridized carbons (Fsp3) is 0.222. The summed E-state index contributed by atoms with van der Waals surface area (Å²) in [4.78, 5) is 4.38. The molecule has 1 unspecified atom stereocenters. The molecular weight excluding hydrogens is 368 g/mol.